The van der Waals surface area contributed by atoms with Gasteiger partial charge in [0, 0.05) is 23.5 Å². The maximum absolute atomic E-state index is 6.07. The minimum Gasteiger partial charge on any atom is -0.326 e. The zero-order chi connectivity index (χ0) is 12.7. The van der Waals surface area contributed by atoms with Crippen molar-refractivity contribution in [3.63, 3.8) is 0 Å². The van der Waals surface area contributed by atoms with E-state index in [1.54, 1.807) is 0 Å². The summed E-state index contributed by atoms with van der Waals surface area (Å²) >= 11 is 0. The average Bonchev–Trinajstić information content (AvgIpc) is 2.81. The first-order valence-electron chi connectivity index (χ1n) is 6.61. The van der Waals surface area contributed by atoms with E-state index in [0.717, 1.165) is 18.4 Å². The summed E-state index contributed by atoms with van der Waals surface area (Å²) in [5.41, 5.74) is 9.88. The van der Waals surface area contributed by atoms with Crippen molar-refractivity contribution in [2.75, 3.05) is 0 Å². The molecular weight excluding hydrogens is 224 g/mol. The minimum atomic E-state index is 0.269. The second kappa shape index (κ2) is 4.37. The lowest BCUT2D eigenvalue weighted by Crippen LogP contribution is -2.48. The molecule has 4 N–H and O–H groups in total. The van der Waals surface area contributed by atoms with Gasteiger partial charge in [0.2, 0.25) is 0 Å². The van der Waals surface area contributed by atoms with Crippen molar-refractivity contribution < 1.29 is 0 Å². The Morgan fingerprint density at radius 1 is 1.33 bits per heavy atom. The highest BCUT2D eigenvalue weighted by Crippen LogP contribution is 2.32. The highest BCUT2D eigenvalue weighted by atomic mass is 15.1. The lowest BCUT2D eigenvalue weighted by molar-refractivity contribution is 0.303. The Balaban J connectivity index is 2.03. The van der Waals surface area contributed by atoms with E-state index >= 15 is 0 Å². The van der Waals surface area contributed by atoms with Crippen LogP contribution in [-0.4, -0.2) is 22.3 Å². The van der Waals surface area contributed by atoms with E-state index in [4.69, 9.17) is 5.73 Å². The van der Waals surface area contributed by atoms with Gasteiger partial charge in [-0.05, 0) is 43.9 Å². The molecule has 1 aliphatic heterocycles. The van der Waals surface area contributed by atoms with E-state index in [1.807, 2.05) is 6.20 Å². The number of benzene rings is 1. The molecule has 1 aliphatic rings. The number of rotatable bonds is 1. The molecule has 4 heteroatoms. The lowest BCUT2D eigenvalue weighted by Gasteiger charge is -2.34. The highest BCUT2D eigenvalue weighted by Gasteiger charge is 2.27. The molecule has 1 aromatic heterocycles. The summed E-state index contributed by atoms with van der Waals surface area (Å²) < 4.78 is 0. The third kappa shape index (κ3) is 1.82. The van der Waals surface area contributed by atoms with Crippen molar-refractivity contribution in [2.45, 2.75) is 44.8 Å². The Hall–Kier alpha value is -1.39. The molecule has 2 aromatic rings. The van der Waals surface area contributed by atoms with Crippen LogP contribution in [0.25, 0.3) is 10.9 Å². The molecule has 2 heterocycles. The van der Waals surface area contributed by atoms with Crippen molar-refractivity contribution in [3.8, 4) is 0 Å². The summed E-state index contributed by atoms with van der Waals surface area (Å²) in [5.74, 6) is 0. The van der Waals surface area contributed by atoms with Gasteiger partial charge in [-0.1, -0.05) is 6.07 Å². The lowest BCUT2D eigenvalue weighted by atomic mass is 9.87. The molecule has 1 saturated heterocycles. The standard InChI is InChI=1S/C14H20N4/c1-8-3-5-12-10(7-16-18-12)14(8)13-6-4-11(15)9(2)17-13/h3,5,7,9,11,13,17H,4,6,15H2,1-2H3,(H,16,18). The maximum atomic E-state index is 6.07. The van der Waals surface area contributed by atoms with Crippen LogP contribution in [-0.2, 0) is 0 Å². The summed E-state index contributed by atoms with van der Waals surface area (Å²) in [6, 6.07) is 5.28. The number of aromatic amines is 1. The molecule has 3 rings (SSSR count). The van der Waals surface area contributed by atoms with Gasteiger partial charge >= 0.3 is 0 Å². The number of fused-ring (bicyclic) bond motifs is 1. The largest absolute Gasteiger partial charge is 0.326 e. The van der Waals surface area contributed by atoms with Crippen LogP contribution in [0.1, 0.15) is 36.9 Å². The molecule has 4 nitrogen and oxygen atoms in total. The zero-order valence-electron chi connectivity index (χ0n) is 10.9. The molecule has 0 aliphatic carbocycles. The molecule has 1 aromatic carbocycles. The van der Waals surface area contributed by atoms with E-state index in [-0.39, 0.29) is 6.04 Å². The smallest absolute Gasteiger partial charge is 0.0653 e. The van der Waals surface area contributed by atoms with Gasteiger partial charge in [0.05, 0.1) is 11.7 Å². The van der Waals surface area contributed by atoms with Crippen LogP contribution >= 0.6 is 0 Å². The molecule has 0 saturated carbocycles. The van der Waals surface area contributed by atoms with Gasteiger partial charge in [0.15, 0.2) is 0 Å². The Labute approximate surface area is 107 Å². The molecule has 18 heavy (non-hydrogen) atoms. The molecule has 3 unspecified atom stereocenters. The van der Waals surface area contributed by atoms with E-state index < -0.39 is 0 Å². The van der Waals surface area contributed by atoms with Crippen molar-refractivity contribution in [1.82, 2.24) is 15.5 Å². The molecule has 3 atom stereocenters. The van der Waals surface area contributed by atoms with E-state index in [9.17, 15) is 0 Å². The predicted molar refractivity (Wildman–Crippen MR) is 73.4 cm³/mol. The fourth-order valence-corrected chi connectivity index (χ4v) is 2.97. The van der Waals surface area contributed by atoms with Crippen molar-refractivity contribution in [3.05, 3.63) is 29.5 Å². The number of nitrogens with one attached hydrogen (secondary N) is 2. The van der Waals surface area contributed by atoms with Crippen LogP contribution in [0.4, 0.5) is 0 Å². The van der Waals surface area contributed by atoms with Gasteiger partial charge in [-0.25, -0.2) is 0 Å². The van der Waals surface area contributed by atoms with Crippen LogP contribution in [0.2, 0.25) is 0 Å². The number of aromatic nitrogens is 2. The van der Waals surface area contributed by atoms with Crippen LogP contribution in [0.3, 0.4) is 0 Å². The maximum Gasteiger partial charge on any atom is 0.0653 e. The summed E-state index contributed by atoms with van der Waals surface area (Å²) in [6.45, 7) is 4.34. The van der Waals surface area contributed by atoms with Crippen LogP contribution in [0.15, 0.2) is 18.3 Å². The Morgan fingerprint density at radius 2 is 2.17 bits per heavy atom. The first-order valence-corrected chi connectivity index (χ1v) is 6.61. The second-order valence-electron chi connectivity index (χ2n) is 5.38. The molecule has 1 fully saturated rings. The third-order valence-corrected chi connectivity index (χ3v) is 4.13. The van der Waals surface area contributed by atoms with E-state index in [2.05, 4.69) is 41.5 Å². The number of H-pyrrole nitrogens is 1. The number of piperidine rings is 1. The predicted octanol–water partition coefficient (Wildman–Crippen LogP) is 2.01. The SMILES string of the molecule is Cc1ccc2[nH]ncc2c1C1CCC(N)C(C)N1. The van der Waals surface area contributed by atoms with Gasteiger partial charge < -0.3 is 11.1 Å². The molecule has 0 bridgehead atoms. The molecule has 0 amide bonds. The Bertz CT molecular complexity index is 560. The van der Waals surface area contributed by atoms with E-state index in [0.29, 0.717) is 12.1 Å². The first kappa shape index (κ1) is 11.7. The summed E-state index contributed by atoms with van der Waals surface area (Å²) in [4.78, 5) is 0. The van der Waals surface area contributed by atoms with Crippen molar-refractivity contribution in [1.29, 1.82) is 0 Å². The minimum absolute atomic E-state index is 0.269. The number of nitrogens with two attached hydrogens (primary N) is 1. The normalized spacial score (nSPS) is 28.7. The number of nitrogens with zero attached hydrogens (tertiary/aromatic N) is 1. The topological polar surface area (TPSA) is 66.7 Å². The number of aryl methyl sites for hydroxylation is 1. The summed E-state index contributed by atoms with van der Waals surface area (Å²) in [5, 5.41) is 12.1. The summed E-state index contributed by atoms with van der Waals surface area (Å²) in [7, 11) is 0. The molecule has 0 spiro atoms. The van der Waals surface area contributed by atoms with Gasteiger partial charge in [-0.15, -0.1) is 0 Å². The fraction of sp³-hybridized carbons (Fsp3) is 0.500. The molecule has 0 radical (unpaired) electrons. The van der Waals surface area contributed by atoms with Gasteiger partial charge in [-0.2, -0.15) is 5.10 Å². The molecular formula is C14H20N4. The monoisotopic (exact) mass is 244 g/mol. The Kier molecular flexibility index (Phi) is 2.84. The van der Waals surface area contributed by atoms with E-state index in [1.165, 1.54) is 16.5 Å². The summed E-state index contributed by atoms with van der Waals surface area (Å²) in [6.07, 6.45) is 4.10. The number of hydrogen-bond donors (Lipinski definition) is 3. The quantitative estimate of drug-likeness (QED) is 0.719. The van der Waals surface area contributed by atoms with Crippen LogP contribution < -0.4 is 11.1 Å². The van der Waals surface area contributed by atoms with Crippen LogP contribution in [0, 0.1) is 6.92 Å². The zero-order valence-corrected chi connectivity index (χ0v) is 10.9. The van der Waals surface area contributed by atoms with Gasteiger partial charge in [0.1, 0.15) is 0 Å². The highest BCUT2D eigenvalue weighted by molar-refractivity contribution is 5.83. The Morgan fingerprint density at radius 3 is 2.94 bits per heavy atom. The fourth-order valence-electron chi connectivity index (χ4n) is 2.97. The van der Waals surface area contributed by atoms with Crippen molar-refractivity contribution in [2.24, 2.45) is 5.73 Å². The van der Waals surface area contributed by atoms with Gasteiger partial charge in [0.25, 0.3) is 0 Å². The average molecular weight is 244 g/mol. The molecule has 96 valence electrons. The third-order valence-electron chi connectivity index (χ3n) is 4.13. The number of hydrogen-bond acceptors (Lipinski definition) is 3. The second-order valence-corrected chi connectivity index (χ2v) is 5.38. The van der Waals surface area contributed by atoms with Crippen molar-refractivity contribution >= 4 is 10.9 Å². The first-order chi connectivity index (χ1) is 8.66. The van der Waals surface area contributed by atoms with Gasteiger partial charge in [-0.3, -0.25) is 5.10 Å². The van der Waals surface area contributed by atoms with Crippen LogP contribution in [0.5, 0.6) is 0 Å².